The van der Waals surface area contributed by atoms with Crippen LogP contribution in [0, 0.1) is 5.92 Å². The molecule has 126 valence electrons. The number of ether oxygens (including phenoxy) is 1. The fourth-order valence-corrected chi connectivity index (χ4v) is 2.83. The Bertz CT molecular complexity index is 563. The lowest BCUT2D eigenvalue weighted by Gasteiger charge is -2.25. The number of amides is 2. The molecule has 2 amide bonds. The number of rotatable bonds is 6. The van der Waals surface area contributed by atoms with E-state index in [0.29, 0.717) is 30.5 Å². The van der Waals surface area contributed by atoms with Gasteiger partial charge in [0.25, 0.3) is 0 Å². The molecule has 0 saturated carbocycles. The first-order valence-electron chi connectivity index (χ1n) is 7.95. The molecule has 0 unspecified atom stereocenters. The highest BCUT2D eigenvalue weighted by Crippen LogP contribution is 2.20. The highest BCUT2D eigenvalue weighted by atomic mass is 35.5. The summed E-state index contributed by atoms with van der Waals surface area (Å²) >= 11 is 5.88. The van der Waals surface area contributed by atoms with Gasteiger partial charge in [0, 0.05) is 17.5 Å². The number of nitrogens with one attached hydrogen (secondary N) is 1. The van der Waals surface area contributed by atoms with Crippen LogP contribution < -0.4 is 10.1 Å². The van der Waals surface area contributed by atoms with Gasteiger partial charge in [-0.25, -0.2) is 0 Å². The molecule has 1 aromatic rings. The van der Waals surface area contributed by atoms with Gasteiger partial charge in [0.15, 0.2) is 0 Å². The van der Waals surface area contributed by atoms with Crippen LogP contribution in [0.4, 0.5) is 0 Å². The molecule has 1 aliphatic rings. The molecule has 1 fully saturated rings. The zero-order valence-corrected chi connectivity index (χ0v) is 14.3. The van der Waals surface area contributed by atoms with Crippen molar-refractivity contribution >= 4 is 23.4 Å². The number of hydrogen-bond donors (Lipinski definition) is 1. The molecular formula is C17H23ClN2O3. The molecule has 1 N–H and O–H groups in total. The van der Waals surface area contributed by atoms with Gasteiger partial charge in [-0.1, -0.05) is 31.5 Å². The van der Waals surface area contributed by atoms with E-state index in [4.69, 9.17) is 16.3 Å². The van der Waals surface area contributed by atoms with Crippen LogP contribution in [0.1, 0.15) is 26.7 Å². The first-order valence-corrected chi connectivity index (χ1v) is 8.33. The highest BCUT2D eigenvalue weighted by Gasteiger charge is 2.34. The molecule has 2 rings (SSSR count). The third-order valence-corrected chi connectivity index (χ3v) is 4.03. The van der Waals surface area contributed by atoms with Gasteiger partial charge in [0.05, 0.1) is 6.54 Å². The van der Waals surface area contributed by atoms with Crippen molar-refractivity contribution < 1.29 is 14.3 Å². The van der Waals surface area contributed by atoms with Gasteiger partial charge >= 0.3 is 0 Å². The minimum Gasteiger partial charge on any atom is -0.492 e. The summed E-state index contributed by atoms with van der Waals surface area (Å²) in [6.07, 6.45) is 1.59. The van der Waals surface area contributed by atoms with Gasteiger partial charge in [-0.2, -0.15) is 0 Å². The lowest BCUT2D eigenvalue weighted by Crippen LogP contribution is -2.47. The summed E-state index contributed by atoms with van der Waals surface area (Å²) in [4.78, 5) is 26.1. The van der Waals surface area contributed by atoms with Crippen LogP contribution in [0.25, 0.3) is 0 Å². The fraction of sp³-hybridized carbons (Fsp3) is 0.529. The number of nitrogens with zero attached hydrogens (tertiary/aromatic N) is 1. The summed E-state index contributed by atoms with van der Waals surface area (Å²) < 4.78 is 5.53. The normalized spacial score (nSPS) is 17.4. The van der Waals surface area contributed by atoms with E-state index in [2.05, 4.69) is 5.32 Å². The van der Waals surface area contributed by atoms with E-state index in [0.717, 1.165) is 12.8 Å². The molecule has 1 aromatic carbocycles. The molecule has 1 atom stereocenters. The zero-order valence-electron chi connectivity index (χ0n) is 13.5. The first-order chi connectivity index (χ1) is 11.0. The Morgan fingerprint density at radius 3 is 2.91 bits per heavy atom. The molecule has 1 saturated heterocycles. The van der Waals surface area contributed by atoms with Crippen molar-refractivity contribution in [1.29, 1.82) is 0 Å². The van der Waals surface area contributed by atoms with E-state index in [1.807, 2.05) is 26.0 Å². The minimum absolute atomic E-state index is 0.0397. The largest absolute Gasteiger partial charge is 0.492 e. The van der Waals surface area contributed by atoms with Crippen molar-refractivity contribution in [2.75, 3.05) is 19.7 Å². The van der Waals surface area contributed by atoms with Gasteiger partial charge in [-0.15, -0.1) is 0 Å². The highest BCUT2D eigenvalue weighted by molar-refractivity contribution is 6.30. The van der Waals surface area contributed by atoms with Gasteiger partial charge in [-0.3, -0.25) is 9.59 Å². The quantitative estimate of drug-likeness (QED) is 0.811. The summed E-state index contributed by atoms with van der Waals surface area (Å²) in [7, 11) is 0. The number of benzene rings is 1. The average Bonchev–Trinajstić information content (AvgIpc) is 3.00. The Balaban J connectivity index is 1.77. The smallest absolute Gasteiger partial charge is 0.242 e. The van der Waals surface area contributed by atoms with Gasteiger partial charge in [-0.05, 0) is 31.0 Å². The molecule has 1 aliphatic heterocycles. The van der Waals surface area contributed by atoms with Gasteiger partial charge in [0.1, 0.15) is 18.4 Å². The van der Waals surface area contributed by atoms with Crippen molar-refractivity contribution in [1.82, 2.24) is 10.2 Å². The zero-order chi connectivity index (χ0) is 16.8. The Morgan fingerprint density at radius 2 is 2.22 bits per heavy atom. The molecule has 0 aromatic heterocycles. The van der Waals surface area contributed by atoms with E-state index in [-0.39, 0.29) is 23.8 Å². The molecule has 5 nitrogen and oxygen atoms in total. The fourth-order valence-electron chi connectivity index (χ4n) is 2.65. The summed E-state index contributed by atoms with van der Waals surface area (Å²) in [6, 6.07) is 6.77. The summed E-state index contributed by atoms with van der Waals surface area (Å²) in [5, 5.41) is 3.45. The second-order valence-electron chi connectivity index (χ2n) is 5.94. The molecule has 1 heterocycles. The van der Waals surface area contributed by atoms with Gasteiger partial charge < -0.3 is 15.0 Å². The standard InChI is InChI=1S/C17H23ClN2O3/c1-12(2)17(22)20-9-4-7-15(20)16(21)19-8-10-23-14-6-3-5-13(18)11-14/h3,5-6,11-12,15H,4,7-10H2,1-2H3,(H,19,21)/t15-/m1/s1. The molecule has 6 heteroatoms. The maximum atomic E-state index is 12.3. The number of likely N-dealkylation sites (tertiary alicyclic amines) is 1. The summed E-state index contributed by atoms with van der Waals surface area (Å²) in [6.45, 7) is 5.12. The molecule has 0 aliphatic carbocycles. The van der Waals surface area contributed by atoms with Crippen molar-refractivity contribution in [3.8, 4) is 5.75 Å². The maximum Gasteiger partial charge on any atom is 0.242 e. The predicted octanol–water partition coefficient (Wildman–Crippen LogP) is 2.48. The number of halogens is 1. The monoisotopic (exact) mass is 338 g/mol. The van der Waals surface area contributed by atoms with Crippen LogP contribution in [-0.4, -0.2) is 42.5 Å². The third-order valence-electron chi connectivity index (χ3n) is 3.80. The molecule has 0 radical (unpaired) electrons. The van der Waals surface area contributed by atoms with E-state index in [1.165, 1.54) is 0 Å². The summed E-state index contributed by atoms with van der Waals surface area (Å²) in [5.41, 5.74) is 0. The molecule has 0 spiro atoms. The van der Waals surface area contributed by atoms with Crippen LogP contribution in [0.2, 0.25) is 5.02 Å². The molecule has 0 bridgehead atoms. The third kappa shape index (κ3) is 4.86. The number of carbonyl (C=O) groups is 2. The maximum absolute atomic E-state index is 12.3. The van der Waals surface area contributed by atoms with Crippen molar-refractivity contribution in [3.63, 3.8) is 0 Å². The lowest BCUT2D eigenvalue weighted by atomic mass is 10.1. The first kappa shape index (κ1) is 17.6. The van der Waals surface area contributed by atoms with Crippen molar-refractivity contribution in [3.05, 3.63) is 29.3 Å². The van der Waals surface area contributed by atoms with Crippen LogP contribution in [-0.2, 0) is 9.59 Å². The minimum atomic E-state index is -0.351. The van der Waals surface area contributed by atoms with Crippen molar-refractivity contribution in [2.24, 2.45) is 5.92 Å². The number of carbonyl (C=O) groups excluding carboxylic acids is 2. The predicted molar refractivity (Wildman–Crippen MR) is 89.5 cm³/mol. The van der Waals surface area contributed by atoms with Crippen LogP contribution in [0.3, 0.4) is 0 Å². The average molecular weight is 339 g/mol. The van der Waals surface area contributed by atoms with E-state index >= 15 is 0 Å². The van der Waals surface area contributed by atoms with E-state index in [1.54, 1.807) is 17.0 Å². The molecule has 23 heavy (non-hydrogen) atoms. The van der Waals surface area contributed by atoms with E-state index < -0.39 is 0 Å². The number of hydrogen-bond acceptors (Lipinski definition) is 3. The topological polar surface area (TPSA) is 58.6 Å². The second-order valence-corrected chi connectivity index (χ2v) is 6.38. The Hall–Kier alpha value is -1.75. The Labute approximate surface area is 141 Å². The SMILES string of the molecule is CC(C)C(=O)N1CCC[C@@H]1C(=O)NCCOc1cccc(Cl)c1. The molecular weight excluding hydrogens is 316 g/mol. The summed E-state index contributed by atoms with van der Waals surface area (Å²) in [5.74, 6) is 0.516. The lowest BCUT2D eigenvalue weighted by molar-refractivity contribution is -0.140. The Kier molecular flexibility index (Phi) is 6.28. The van der Waals surface area contributed by atoms with Crippen LogP contribution in [0.5, 0.6) is 5.75 Å². The van der Waals surface area contributed by atoms with E-state index in [9.17, 15) is 9.59 Å². The van der Waals surface area contributed by atoms with Crippen LogP contribution in [0.15, 0.2) is 24.3 Å². The second kappa shape index (κ2) is 8.20. The van der Waals surface area contributed by atoms with Crippen LogP contribution >= 0.6 is 11.6 Å². The Morgan fingerprint density at radius 1 is 1.43 bits per heavy atom. The van der Waals surface area contributed by atoms with Gasteiger partial charge in [0.2, 0.25) is 11.8 Å². The van der Waals surface area contributed by atoms with Crippen molar-refractivity contribution in [2.45, 2.75) is 32.7 Å².